The Bertz CT molecular complexity index is 154. The van der Waals surface area contributed by atoms with Crippen LogP contribution in [0.15, 0.2) is 0 Å². The molecule has 1 heterocycles. The van der Waals surface area contributed by atoms with Crippen molar-refractivity contribution in [1.82, 2.24) is 4.72 Å². The summed E-state index contributed by atoms with van der Waals surface area (Å²) in [4.78, 5) is 0. The van der Waals surface area contributed by atoms with Gasteiger partial charge in [0.05, 0.1) is 6.10 Å². The van der Waals surface area contributed by atoms with Crippen molar-refractivity contribution >= 4 is 10.9 Å². The van der Waals surface area contributed by atoms with Gasteiger partial charge in [-0.1, -0.05) is 0 Å². The van der Waals surface area contributed by atoms with Crippen molar-refractivity contribution in [2.45, 2.75) is 18.9 Å². The van der Waals surface area contributed by atoms with E-state index in [0.717, 1.165) is 19.4 Å². The highest BCUT2D eigenvalue weighted by Crippen LogP contribution is 2.10. The van der Waals surface area contributed by atoms with Crippen LogP contribution in [0.5, 0.6) is 0 Å². The van der Waals surface area contributed by atoms with E-state index in [1.165, 1.54) is 0 Å². The van der Waals surface area contributed by atoms with Crippen LogP contribution in [0.4, 0.5) is 0 Å². The first kappa shape index (κ1) is 7.97. The Balaban J connectivity index is 2.12. The van der Waals surface area contributed by atoms with Crippen molar-refractivity contribution < 1.29 is 13.2 Å². The maximum absolute atomic E-state index is 10.0. The van der Waals surface area contributed by atoms with Crippen LogP contribution in [0.25, 0.3) is 0 Å². The lowest BCUT2D eigenvalue weighted by atomic mass is 10.2. The van der Waals surface area contributed by atoms with Crippen LogP contribution in [0.1, 0.15) is 12.8 Å². The average molecular weight is 165 g/mol. The predicted octanol–water partition coefficient (Wildman–Crippen LogP) is -0.719. The van der Waals surface area contributed by atoms with E-state index in [1.54, 1.807) is 0 Å². The zero-order valence-electron chi connectivity index (χ0n) is 5.58. The first-order valence-corrected chi connectivity index (χ1v) is 4.46. The van der Waals surface area contributed by atoms with Crippen LogP contribution < -0.4 is 4.72 Å². The molecule has 0 radical (unpaired) electrons. The van der Waals surface area contributed by atoms with Gasteiger partial charge in [-0.2, -0.15) is 0 Å². The molecule has 60 valence electrons. The SMILES string of the molecule is O=[SH](=O)NC[C@H]1CCCO1. The monoisotopic (exact) mass is 165 g/mol. The molecule has 0 saturated carbocycles. The summed E-state index contributed by atoms with van der Waals surface area (Å²) in [5.41, 5.74) is 0. The van der Waals surface area contributed by atoms with Crippen molar-refractivity contribution in [1.29, 1.82) is 0 Å². The fourth-order valence-electron chi connectivity index (χ4n) is 0.982. The molecule has 1 aliphatic heterocycles. The fourth-order valence-corrected chi connectivity index (χ4v) is 1.33. The van der Waals surface area contributed by atoms with Gasteiger partial charge in [-0.05, 0) is 12.8 Å². The Morgan fingerprint density at radius 1 is 1.60 bits per heavy atom. The van der Waals surface area contributed by atoms with Crippen LogP contribution in [-0.4, -0.2) is 27.7 Å². The van der Waals surface area contributed by atoms with Crippen molar-refractivity contribution in [3.05, 3.63) is 0 Å². The van der Waals surface area contributed by atoms with Gasteiger partial charge in [-0.3, -0.25) is 0 Å². The minimum Gasteiger partial charge on any atom is -0.377 e. The van der Waals surface area contributed by atoms with Crippen LogP contribution in [0.3, 0.4) is 0 Å². The van der Waals surface area contributed by atoms with E-state index in [9.17, 15) is 8.42 Å². The zero-order chi connectivity index (χ0) is 7.40. The van der Waals surface area contributed by atoms with E-state index in [2.05, 4.69) is 4.72 Å². The standard InChI is InChI=1S/C5H11NO3S/c7-10(8)6-4-5-2-1-3-9-5/h5,10H,1-4H2,(H,6,7,8)/t5-/m1/s1. The zero-order valence-corrected chi connectivity index (χ0v) is 6.47. The van der Waals surface area contributed by atoms with Gasteiger partial charge in [0.25, 0.3) is 0 Å². The maximum atomic E-state index is 10.0. The molecule has 1 rings (SSSR count). The highest BCUT2D eigenvalue weighted by atomic mass is 32.2. The molecule has 0 aromatic carbocycles. The second kappa shape index (κ2) is 3.90. The Hall–Kier alpha value is -0.130. The van der Waals surface area contributed by atoms with E-state index in [1.807, 2.05) is 0 Å². The van der Waals surface area contributed by atoms with Crippen LogP contribution in [-0.2, 0) is 15.6 Å². The summed E-state index contributed by atoms with van der Waals surface area (Å²) in [5, 5.41) is 0. The summed E-state index contributed by atoms with van der Waals surface area (Å²) >= 11 is 0. The molecule has 1 fully saturated rings. The lowest BCUT2D eigenvalue weighted by Crippen LogP contribution is -2.24. The molecule has 1 N–H and O–H groups in total. The lowest BCUT2D eigenvalue weighted by Gasteiger charge is -2.05. The molecule has 0 spiro atoms. The molecule has 0 aliphatic carbocycles. The van der Waals surface area contributed by atoms with Gasteiger partial charge in [0, 0.05) is 13.2 Å². The summed E-state index contributed by atoms with van der Waals surface area (Å²) in [6.07, 6.45) is 2.12. The molecule has 1 saturated heterocycles. The molecule has 1 atom stereocenters. The smallest absolute Gasteiger partial charge is 0.201 e. The van der Waals surface area contributed by atoms with Gasteiger partial charge in [0.1, 0.15) is 0 Å². The Labute approximate surface area is 61.6 Å². The van der Waals surface area contributed by atoms with Crippen LogP contribution in [0, 0.1) is 0 Å². The van der Waals surface area contributed by atoms with E-state index in [0.29, 0.717) is 6.54 Å². The van der Waals surface area contributed by atoms with Gasteiger partial charge in [0.2, 0.25) is 10.9 Å². The molecule has 0 aromatic rings. The summed E-state index contributed by atoms with van der Waals surface area (Å²) < 4.78 is 27.5. The van der Waals surface area contributed by atoms with Crippen LogP contribution >= 0.6 is 0 Å². The highest BCUT2D eigenvalue weighted by molar-refractivity contribution is 7.70. The van der Waals surface area contributed by atoms with E-state index in [4.69, 9.17) is 4.74 Å². The topological polar surface area (TPSA) is 55.4 Å². The second-order valence-corrected chi connectivity index (χ2v) is 3.08. The number of rotatable bonds is 3. The summed E-state index contributed by atoms with van der Waals surface area (Å²) in [6.45, 7) is 1.20. The van der Waals surface area contributed by atoms with Crippen LogP contribution in [0.2, 0.25) is 0 Å². The van der Waals surface area contributed by atoms with E-state index in [-0.39, 0.29) is 6.10 Å². The molecule has 0 amide bonds. The largest absolute Gasteiger partial charge is 0.377 e. The summed E-state index contributed by atoms with van der Waals surface area (Å²) in [6, 6.07) is 0. The molecule has 0 aromatic heterocycles. The molecule has 5 heteroatoms. The number of thiol groups is 1. The Kier molecular flexibility index (Phi) is 3.11. The van der Waals surface area contributed by atoms with Gasteiger partial charge in [-0.25, -0.2) is 13.1 Å². The van der Waals surface area contributed by atoms with Gasteiger partial charge in [-0.15, -0.1) is 0 Å². The number of hydrogen-bond acceptors (Lipinski definition) is 3. The normalized spacial score (nSPS) is 25.9. The Morgan fingerprint density at radius 2 is 2.40 bits per heavy atom. The number of ether oxygens (including phenoxy) is 1. The molecule has 0 unspecified atom stereocenters. The molecular weight excluding hydrogens is 154 g/mol. The minimum absolute atomic E-state index is 0.105. The maximum Gasteiger partial charge on any atom is 0.201 e. The molecule has 0 bridgehead atoms. The molecular formula is C5H11NO3S. The first-order valence-electron chi connectivity index (χ1n) is 3.28. The van der Waals surface area contributed by atoms with Gasteiger partial charge < -0.3 is 4.74 Å². The molecule has 4 nitrogen and oxygen atoms in total. The summed E-state index contributed by atoms with van der Waals surface area (Å²) in [5.74, 6) is 0. The quantitative estimate of drug-likeness (QED) is 0.543. The first-order chi connectivity index (χ1) is 4.79. The second-order valence-electron chi connectivity index (χ2n) is 2.25. The highest BCUT2D eigenvalue weighted by Gasteiger charge is 2.14. The summed E-state index contributed by atoms with van der Waals surface area (Å²) in [7, 11) is -2.45. The number of hydrogen-bond donors (Lipinski definition) is 2. The third kappa shape index (κ3) is 2.64. The van der Waals surface area contributed by atoms with Crippen molar-refractivity contribution in [3.63, 3.8) is 0 Å². The van der Waals surface area contributed by atoms with Gasteiger partial charge in [0.15, 0.2) is 0 Å². The predicted molar refractivity (Wildman–Crippen MR) is 37.3 cm³/mol. The third-order valence-electron chi connectivity index (χ3n) is 1.47. The van der Waals surface area contributed by atoms with E-state index >= 15 is 0 Å². The van der Waals surface area contributed by atoms with Crippen molar-refractivity contribution in [3.8, 4) is 0 Å². The van der Waals surface area contributed by atoms with Gasteiger partial charge >= 0.3 is 0 Å². The minimum atomic E-state index is -2.45. The third-order valence-corrected chi connectivity index (χ3v) is 1.91. The molecule has 10 heavy (non-hydrogen) atoms. The number of nitrogens with one attached hydrogen (secondary N) is 1. The fraction of sp³-hybridized carbons (Fsp3) is 1.00. The molecule has 1 aliphatic rings. The Morgan fingerprint density at radius 3 is 2.90 bits per heavy atom. The van der Waals surface area contributed by atoms with Crippen molar-refractivity contribution in [2.75, 3.05) is 13.2 Å². The van der Waals surface area contributed by atoms with Crippen molar-refractivity contribution in [2.24, 2.45) is 0 Å². The lowest BCUT2D eigenvalue weighted by molar-refractivity contribution is 0.114. The average Bonchev–Trinajstić information content (AvgIpc) is 2.34. The van der Waals surface area contributed by atoms with E-state index < -0.39 is 10.9 Å².